The van der Waals surface area contributed by atoms with Gasteiger partial charge in [-0.3, -0.25) is 4.90 Å². The molecule has 0 aliphatic carbocycles. The molecule has 1 aliphatic heterocycles. The van der Waals surface area contributed by atoms with E-state index >= 15 is 0 Å². The molecule has 0 bridgehead atoms. The number of aromatic nitrogens is 1. The molecular weight excluding hydrogens is 366 g/mol. The molecule has 1 aromatic heterocycles. The predicted molar refractivity (Wildman–Crippen MR) is 115 cm³/mol. The summed E-state index contributed by atoms with van der Waals surface area (Å²) in [7, 11) is 3.80. The van der Waals surface area contributed by atoms with E-state index in [4.69, 9.17) is 9.47 Å². The second-order valence-corrected chi connectivity index (χ2v) is 7.73. The van der Waals surface area contributed by atoms with E-state index in [0.717, 1.165) is 44.6 Å². The van der Waals surface area contributed by atoms with Gasteiger partial charge in [0.2, 0.25) is 0 Å². The lowest BCUT2D eigenvalue weighted by atomic mass is 9.85. The molecule has 2 aromatic rings. The van der Waals surface area contributed by atoms with Crippen LogP contribution in [0.2, 0.25) is 0 Å². The Labute approximate surface area is 174 Å². The van der Waals surface area contributed by atoms with Crippen molar-refractivity contribution in [1.29, 1.82) is 0 Å². The van der Waals surface area contributed by atoms with Gasteiger partial charge in [-0.15, -0.1) is 0 Å². The van der Waals surface area contributed by atoms with Crippen LogP contribution in [0.4, 0.5) is 10.5 Å². The molecule has 0 saturated carbocycles. The fourth-order valence-corrected chi connectivity index (χ4v) is 4.26. The molecular formula is C23H33N3O3. The number of rotatable bonds is 8. The van der Waals surface area contributed by atoms with E-state index in [1.807, 2.05) is 42.2 Å². The highest BCUT2D eigenvalue weighted by atomic mass is 16.6. The molecule has 158 valence electrons. The second kappa shape index (κ2) is 9.94. The number of hydrogen-bond donors (Lipinski definition) is 0. The standard InChI is InChI=1S/C23H33N3O3/c1-4-29-22(27)26(21-9-6-5-7-10-21)23(19-28-3)13-17-25(18-14-23)16-12-20-11-8-15-24(20)2/h5-11,15H,4,12-14,16-19H2,1-3H3. The number of para-hydroxylation sites is 1. The molecule has 1 saturated heterocycles. The molecule has 6 nitrogen and oxygen atoms in total. The number of hydrogen-bond acceptors (Lipinski definition) is 4. The van der Waals surface area contributed by atoms with Crippen LogP contribution in [-0.2, 0) is 22.9 Å². The fourth-order valence-electron chi connectivity index (χ4n) is 4.26. The Morgan fingerprint density at radius 1 is 1.14 bits per heavy atom. The molecule has 0 unspecified atom stereocenters. The van der Waals surface area contributed by atoms with Gasteiger partial charge in [0.25, 0.3) is 0 Å². The number of likely N-dealkylation sites (tertiary alicyclic amines) is 1. The molecule has 1 amide bonds. The van der Waals surface area contributed by atoms with Gasteiger partial charge in [-0.25, -0.2) is 4.79 Å². The fraction of sp³-hybridized carbons (Fsp3) is 0.522. The summed E-state index contributed by atoms with van der Waals surface area (Å²) in [6.07, 6.45) is 4.52. The number of amides is 1. The number of nitrogens with zero attached hydrogens (tertiary/aromatic N) is 3. The quantitative estimate of drug-likeness (QED) is 0.679. The molecule has 0 atom stereocenters. The van der Waals surface area contributed by atoms with Crippen molar-refractivity contribution in [3.63, 3.8) is 0 Å². The highest BCUT2D eigenvalue weighted by Crippen LogP contribution is 2.34. The first-order valence-corrected chi connectivity index (χ1v) is 10.4. The number of methoxy groups -OCH3 is 1. The summed E-state index contributed by atoms with van der Waals surface area (Å²) in [5, 5.41) is 0. The monoisotopic (exact) mass is 399 g/mol. The first-order valence-electron chi connectivity index (χ1n) is 10.4. The maximum atomic E-state index is 13.0. The largest absolute Gasteiger partial charge is 0.449 e. The minimum absolute atomic E-state index is 0.298. The summed E-state index contributed by atoms with van der Waals surface area (Å²) >= 11 is 0. The molecule has 0 spiro atoms. The summed E-state index contributed by atoms with van der Waals surface area (Å²) in [6, 6.07) is 14.1. The summed E-state index contributed by atoms with van der Waals surface area (Å²) in [4.78, 5) is 17.3. The van der Waals surface area contributed by atoms with Gasteiger partial charge in [0.05, 0.1) is 18.8 Å². The lowest BCUT2D eigenvalue weighted by molar-refractivity contribution is 0.0659. The van der Waals surface area contributed by atoms with Gasteiger partial charge in [0.15, 0.2) is 0 Å². The van der Waals surface area contributed by atoms with Crippen LogP contribution < -0.4 is 4.90 Å². The molecule has 0 radical (unpaired) electrons. The Balaban J connectivity index is 1.74. The van der Waals surface area contributed by atoms with Gasteiger partial charge in [0, 0.05) is 57.8 Å². The Morgan fingerprint density at radius 2 is 1.86 bits per heavy atom. The van der Waals surface area contributed by atoms with Gasteiger partial charge >= 0.3 is 6.09 Å². The molecule has 2 heterocycles. The lowest BCUT2D eigenvalue weighted by Crippen LogP contribution is -2.60. The Morgan fingerprint density at radius 3 is 2.45 bits per heavy atom. The average molecular weight is 400 g/mol. The number of carbonyl (C=O) groups excluding carboxylic acids is 1. The van der Waals surface area contributed by atoms with Crippen molar-refractivity contribution < 1.29 is 14.3 Å². The van der Waals surface area contributed by atoms with Gasteiger partial charge < -0.3 is 18.9 Å². The molecule has 1 aromatic carbocycles. The lowest BCUT2D eigenvalue weighted by Gasteiger charge is -2.47. The predicted octanol–water partition coefficient (Wildman–Crippen LogP) is 3.71. The van der Waals surface area contributed by atoms with Crippen LogP contribution in [0.25, 0.3) is 0 Å². The van der Waals surface area contributed by atoms with E-state index in [1.54, 1.807) is 7.11 Å². The minimum atomic E-state index is -0.399. The third kappa shape index (κ3) is 5.00. The number of carbonyl (C=O) groups is 1. The third-order valence-electron chi connectivity index (χ3n) is 5.87. The topological polar surface area (TPSA) is 46.9 Å². The van der Waals surface area contributed by atoms with Crippen molar-refractivity contribution in [2.24, 2.45) is 7.05 Å². The van der Waals surface area contributed by atoms with Crippen molar-refractivity contribution in [1.82, 2.24) is 9.47 Å². The number of anilines is 1. The molecule has 1 fully saturated rings. The smallest absolute Gasteiger partial charge is 0.414 e. The van der Waals surface area contributed by atoms with Gasteiger partial charge in [-0.1, -0.05) is 18.2 Å². The van der Waals surface area contributed by atoms with E-state index in [0.29, 0.717) is 13.2 Å². The highest BCUT2D eigenvalue weighted by Gasteiger charge is 2.44. The van der Waals surface area contributed by atoms with E-state index in [-0.39, 0.29) is 6.09 Å². The van der Waals surface area contributed by atoms with Crippen molar-refractivity contribution in [3.05, 3.63) is 54.4 Å². The minimum Gasteiger partial charge on any atom is -0.449 e. The summed E-state index contributed by atoms with van der Waals surface area (Å²) in [6.45, 7) is 5.56. The maximum absolute atomic E-state index is 13.0. The van der Waals surface area contributed by atoms with Crippen LogP contribution >= 0.6 is 0 Å². The van der Waals surface area contributed by atoms with Crippen LogP contribution in [0, 0.1) is 0 Å². The molecule has 29 heavy (non-hydrogen) atoms. The highest BCUT2D eigenvalue weighted by molar-refractivity contribution is 5.89. The Bertz CT molecular complexity index is 767. The van der Waals surface area contributed by atoms with Crippen LogP contribution in [0.15, 0.2) is 48.7 Å². The van der Waals surface area contributed by atoms with E-state index in [1.165, 1.54) is 5.69 Å². The molecule has 3 rings (SSSR count). The van der Waals surface area contributed by atoms with Crippen LogP contribution in [0.3, 0.4) is 0 Å². The van der Waals surface area contributed by atoms with Gasteiger partial charge in [-0.2, -0.15) is 0 Å². The van der Waals surface area contributed by atoms with Crippen molar-refractivity contribution in [2.75, 3.05) is 44.9 Å². The maximum Gasteiger partial charge on any atom is 0.414 e. The third-order valence-corrected chi connectivity index (χ3v) is 5.87. The van der Waals surface area contributed by atoms with Crippen molar-refractivity contribution >= 4 is 11.8 Å². The van der Waals surface area contributed by atoms with Crippen molar-refractivity contribution in [3.8, 4) is 0 Å². The normalized spacial score (nSPS) is 16.5. The Kier molecular flexibility index (Phi) is 7.34. The van der Waals surface area contributed by atoms with Crippen LogP contribution in [-0.4, -0.2) is 61.1 Å². The number of benzene rings is 1. The zero-order valence-corrected chi connectivity index (χ0v) is 17.8. The SMILES string of the molecule is CCOC(=O)N(c1ccccc1)C1(COC)CCN(CCc2cccn2C)CC1. The Hall–Kier alpha value is -2.31. The second-order valence-electron chi connectivity index (χ2n) is 7.73. The van der Waals surface area contributed by atoms with Crippen molar-refractivity contribution in [2.45, 2.75) is 31.7 Å². The first-order chi connectivity index (χ1) is 14.1. The number of ether oxygens (including phenoxy) is 2. The van der Waals surface area contributed by atoms with E-state index in [9.17, 15) is 4.79 Å². The zero-order valence-electron chi connectivity index (χ0n) is 17.8. The van der Waals surface area contributed by atoms with Crippen LogP contribution in [0.1, 0.15) is 25.5 Å². The first kappa shape index (κ1) is 21.4. The van der Waals surface area contributed by atoms with Crippen LogP contribution in [0.5, 0.6) is 0 Å². The summed E-state index contributed by atoms with van der Waals surface area (Å²) in [5.74, 6) is 0. The zero-order chi connectivity index (χ0) is 20.7. The average Bonchev–Trinajstić information content (AvgIpc) is 3.14. The molecule has 6 heteroatoms. The van der Waals surface area contributed by atoms with E-state index < -0.39 is 5.54 Å². The molecule has 0 N–H and O–H groups in total. The number of piperidine rings is 1. The molecule has 1 aliphatic rings. The summed E-state index contributed by atoms with van der Waals surface area (Å²) < 4.78 is 13.2. The van der Waals surface area contributed by atoms with Gasteiger partial charge in [0.1, 0.15) is 0 Å². The van der Waals surface area contributed by atoms with E-state index in [2.05, 4.69) is 34.8 Å². The number of aryl methyl sites for hydroxylation is 1. The summed E-state index contributed by atoms with van der Waals surface area (Å²) in [5.41, 5.74) is 1.81. The van der Waals surface area contributed by atoms with Gasteiger partial charge in [-0.05, 0) is 44.0 Å².